The summed E-state index contributed by atoms with van der Waals surface area (Å²) < 4.78 is 33.4. The van der Waals surface area contributed by atoms with Crippen LogP contribution in [0.1, 0.15) is 10.6 Å². The van der Waals surface area contributed by atoms with Crippen LogP contribution in [0, 0.1) is 0 Å². The molecule has 0 fully saturated rings. The van der Waals surface area contributed by atoms with Crippen LogP contribution < -0.4 is 0 Å². The zero-order chi connectivity index (χ0) is 12.3. The lowest BCUT2D eigenvalue weighted by Gasteiger charge is -2.00. The second-order valence-corrected chi connectivity index (χ2v) is 3.48. The lowest BCUT2D eigenvalue weighted by Crippen LogP contribution is -2.12. The van der Waals surface area contributed by atoms with Crippen LogP contribution >= 0.6 is 0 Å². The minimum absolute atomic E-state index is 0.125. The maximum Gasteiger partial charge on any atom is 0.261 e. The fourth-order valence-corrected chi connectivity index (χ4v) is 1.43. The number of fused-ring (bicyclic) bond motifs is 1. The second kappa shape index (κ2) is 5.05. The molecule has 1 aromatic carbocycles. The lowest BCUT2D eigenvalue weighted by atomic mass is 10.2. The number of furan rings is 1. The summed E-state index contributed by atoms with van der Waals surface area (Å²) in [5.74, 6) is -0.317. The second-order valence-electron chi connectivity index (χ2n) is 3.48. The number of alkyl halides is 2. The van der Waals surface area contributed by atoms with Gasteiger partial charge in [-0.15, -0.1) is 0 Å². The number of ether oxygens (including phenoxy) is 1. The van der Waals surface area contributed by atoms with E-state index in [-0.39, 0.29) is 5.76 Å². The predicted molar refractivity (Wildman–Crippen MR) is 57.4 cm³/mol. The van der Waals surface area contributed by atoms with Crippen LogP contribution in [0.4, 0.5) is 8.78 Å². The van der Waals surface area contributed by atoms with Gasteiger partial charge in [0.05, 0.1) is 0 Å². The smallest absolute Gasteiger partial charge is 0.261 e. The average Bonchev–Trinajstić information content (AvgIpc) is 2.71. The molecule has 17 heavy (non-hydrogen) atoms. The molecular weight excluding hydrogens is 230 g/mol. The van der Waals surface area contributed by atoms with Gasteiger partial charge >= 0.3 is 0 Å². The summed E-state index contributed by atoms with van der Waals surface area (Å²) in [6.07, 6.45) is -2.57. The Hall–Kier alpha value is -1.75. The van der Waals surface area contributed by atoms with E-state index in [2.05, 4.69) is 4.74 Å². The summed E-state index contributed by atoms with van der Waals surface area (Å²) in [6.45, 7) is -1.14. The van der Waals surface area contributed by atoms with E-state index in [9.17, 15) is 13.6 Å². The molecule has 5 heteroatoms. The first-order chi connectivity index (χ1) is 8.16. The third-order valence-electron chi connectivity index (χ3n) is 2.18. The quantitative estimate of drug-likeness (QED) is 0.754. The van der Waals surface area contributed by atoms with Gasteiger partial charge in [0, 0.05) is 5.39 Å². The molecule has 0 saturated heterocycles. The zero-order valence-corrected chi connectivity index (χ0v) is 8.86. The molecule has 1 heterocycles. The normalized spacial score (nSPS) is 11.2. The number of benzene rings is 1. The van der Waals surface area contributed by atoms with Crippen LogP contribution in [0.5, 0.6) is 0 Å². The van der Waals surface area contributed by atoms with Crippen LogP contribution in [0.15, 0.2) is 34.7 Å². The Kier molecular flexibility index (Phi) is 3.49. The van der Waals surface area contributed by atoms with Crippen molar-refractivity contribution in [2.24, 2.45) is 0 Å². The molecule has 90 valence electrons. The summed E-state index contributed by atoms with van der Waals surface area (Å²) in [5, 5.41) is 0.796. The van der Waals surface area contributed by atoms with Crippen molar-refractivity contribution >= 4 is 16.8 Å². The van der Waals surface area contributed by atoms with Crippen LogP contribution in [0.3, 0.4) is 0 Å². The highest BCUT2D eigenvalue weighted by molar-refractivity contribution is 5.98. The number of hydrogen-bond donors (Lipinski definition) is 0. The van der Waals surface area contributed by atoms with Gasteiger partial charge in [0.15, 0.2) is 5.76 Å². The van der Waals surface area contributed by atoms with E-state index < -0.39 is 25.4 Å². The van der Waals surface area contributed by atoms with Gasteiger partial charge in [0.2, 0.25) is 5.78 Å². The molecule has 0 aliphatic carbocycles. The molecule has 0 N–H and O–H groups in total. The van der Waals surface area contributed by atoms with Gasteiger partial charge < -0.3 is 9.15 Å². The third-order valence-corrected chi connectivity index (χ3v) is 2.18. The number of carbonyl (C=O) groups is 1. The number of Topliss-reactive ketones (excluding diaryl/α,β-unsaturated/α-hetero) is 1. The Labute approximate surface area is 96.0 Å². The minimum Gasteiger partial charge on any atom is -0.453 e. The number of rotatable bonds is 5. The molecular formula is C12H10F2O3. The first-order valence-corrected chi connectivity index (χ1v) is 5.04. The largest absolute Gasteiger partial charge is 0.453 e. The van der Waals surface area contributed by atoms with Gasteiger partial charge in [-0.2, -0.15) is 0 Å². The molecule has 0 aliphatic heterocycles. The molecule has 0 saturated carbocycles. The van der Waals surface area contributed by atoms with Crippen LogP contribution in [0.25, 0.3) is 11.0 Å². The summed E-state index contributed by atoms with van der Waals surface area (Å²) >= 11 is 0. The third kappa shape index (κ3) is 2.88. The molecule has 0 amide bonds. The summed E-state index contributed by atoms with van der Waals surface area (Å²) in [6, 6.07) is 8.71. The standard InChI is InChI=1S/C12H10F2O3/c13-12(14)7-16-6-9(15)11-5-8-3-1-2-4-10(8)17-11/h1-5,12H,6-7H2. The molecule has 0 atom stereocenters. The van der Waals surface area contributed by atoms with Crippen LogP contribution in [-0.4, -0.2) is 25.4 Å². The molecule has 0 spiro atoms. The number of halogens is 2. The highest BCUT2D eigenvalue weighted by Crippen LogP contribution is 2.19. The van der Waals surface area contributed by atoms with Crippen molar-refractivity contribution < 1.29 is 22.7 Å². The number of carbonyl (C=O) groups excluding carboxylic acids is 1. The maximum atomic E-state index is 11.8. The number of ketones is 1. The van der Waals surface area contributed by atoms with Crippen molar-refractivity contribution in [2.45, 2.75) is 6.43 Å². The molecule has 1 aromatic heterocycles. The van der Waals surface area contributed by atoms with Crippen molar-refractivity contribution in [3.8, 4) is 0 Å². The Morgan fingerprint density at radius 3 is 2.82 bits per heavy atom. The van der Waals surface area contributed by atoms with Crippen molar-refractivity contribution in [3.05, 3.63) is 36.1 Å². The first kappa shape index (κ1) is 11.7. The average molecular weight is 240 g/mol. The monoisotopic (exact) mass is 240 g/mol. The fraction of sp³-hybridized carbons (Fsp3) is 0.250. The van der Waals surface area contributed by atoms with E-state index in [1.54, 1.807) is 24.3 Å². The van der Waals surface area contributed by atoms with E-state index in [0.717, 1.165) is 5.39 Å². The SMILES string of the molecule is O=C(COCC(F)F)c1cc2ccccc2o1. The van der Waals surface area contributed by atoms with E-state index in [1.807, 2.05) is 6.07 Å². The minimum atomic E-state index is -2.57. The molecule has 2 aromatic rings. The predicted octanol–water partition coefficient (Wildman–Crippen LogP) is 2.90. The molecule has 2 rings (SSSR count). The molecule has 0 bridgehead atoms. The molecule has 3 nitrogen and oxygen atoms in total. The summed E-state index contributed by atoms with van der Waals surface area (Å²) in [5.41, 5.74) is 0.588. The Balaban J connectivity index is 2.04. The van der Waals surface area contributed by atoms with E-state index in [0.29, 0.717) is 5.58 Å². The zero-order valence-electron chi connectivity index (χ0n) is 8.86. The molecule has 0 radical (unpaired) electrons. The van der Waals surface area contributed by atoms with E-state index in [4.69, 9.17) is 4.42 Å². The Morgan fingerprint density at radius 2 is 2.12 bits per heavy atom. The summed E-state index contributed by atoms with van der Waals surface area (Å²) in [4.78, 5) is 11.5. The Morgan fingerprint density at radius 1 is 1.35 bits per heavy atom. The summed E-state index contributed by atoms with van der Waals surface area (Å²) in [7, 11) is 0. The van der Waals surface area contributed by atoms with Crippen LogP contribution in [0.2, 0.25) is 0 Å². The van der Waals surface area contributed by atoms with Gasteiger partial charge in [-0.25, -0.2) is 8.78 Å². The highest BCUT2D eigenvalue weighted by Gasteiger charge is 2.13. The fourth-order valence-electron chi connectivity index (χ4n) is 1.43. The number of hydrogen-bond acceptors (Lipinski definition) is 3. The van der Waals surface area contributed by atoms with E-state index >= 15 is 0 Å². The van der Waals surface area contributed by atoms with Crippen molar-refractivity contribution in [1.82, 2.24) is 0 Å². The van der Waals surface area contributed by atoms with E-state index in [1.165, 1.54) is 0 Å². The first-order valence-electron chi connectivity index (χ1n) is 5.04. The lowest BCUT2D eigenvalue weighted by molar-refractivity contribution is 0.0188. The van der Waals surface area contributed by atoms with Crippen LogP contribution in [-0.2, 0) is 4.74 Å². The van der Waals surface area contributed by atoms with Gasteiger partial charge in [-0.3, -0.25) is 4.79 Å². The number of para-hydroxylation sites is 1. The molecule has 0 unspecified atom stereocenters. The van der Waals surface area contributed by atoms with Crippen molar-refractivity contribution in [2.75, 3.05) is 13.2 Å². The van der Waals surface area contributed by atoms with Gasteiger partial charge in [-0.1, -0.05) is 18.2 Å². The van der Waals surface area contributed by atoms with Gasteiger partial charge in [-0.05, 0) is 12.1 Å². The van der Waals surface area contributed by atoms with Crippen molar-refractivity contribution in [1.29, 1.82) is 0 Å². The van der Waals surface area contributed by atoms with Gasteiger partial charge in [0.25, 0.3) is 6.43 Å². The van der Waals surface area contributed by atoms with Crippen molar-refractivity contribution in [3.63, 3.8) is 0 Å². The molecule has 0 aliphatic rings. The topological polar surface area (TPSA) is 39.4 Å². The maximum absolute atomic E-state index is 11.8. The van der Waals surface area contributed by atoms with Gasteiger partial charge in [0.1, 0.15) is 18.8 Å². The highest BCUT2D eigenvalue weighted by atomic mass is 19.3. The Bertz CT molecular complexity index is 486.